The van der Waals surface area contributed by atoms with E-state index < -0.39 is 11.1 Å². The van der Waals surface area contributed by atoms with Crippen LogP contribution >= 0.6 is 0 Å². The highest BCUT2D eigenvalue weighted by Crippen LogP contribution is 2.42. The van der Waals surface area contributed by atoms with Crippen LogP contribution in [0.1, 0.15) is 72.4 Å². The number of hydrogen-bond acceptors (Lipinski definition) is 4. The fourth-order valence-electron chi connectivity index (χ4n) is 7.14. The van der Waals surface area contributed by atoms with Gasteiger partial charge in [0, 0.05) is 36.9 Å². The zero-order chi connectivity index (χ0) is 33.9. The molecule has 0 saturated carbocycles. The lowest BCUT2D eigenvalue weighted by molar-refractivity contribution is 0.0472. The van der Waals surface area contributed by atoms with Gasteiger partial charge < -0.3 is 19.7 Å². The number of nitrogens with zero attached hydrogens (tertiary/aromatic N) is 3. The molecule has 0 fully saturated rings. The molecule has 244 valence electrons. The van der Waals surface area contributed by atoms with Crippen LogP contribution in [0.3, 0.4) is 0 Å². The summed E-state index contributed by atoms with van der Waals surface area (Å²) in [6, 6.07) is 42.5. The third kappa shape index (κ3) is 5.83. The van der Waals surface area contributed by atoms with Crippen LogP contribution in [0, 0.1) is 0 Å². The van der Waals surface area contributed by atoms with Crippen LogP contribution in [0.25, 0.3) is 10.8 Å². The van der Waals surface area contributed by atoms with Crippen molar-refractivity contribution < 1.29 is 15.0 Å². The van der Waals surface area contributed by atoms with Crippen molar-refractivity contribution in [3.05, 3.63) is 173 Å². The fourth-order valence-corrected chi connectivity index (χ4v) is 7.14. The molecule has 0 aliphatic heterocycles. The Morgan fingerprint density at radius 3 is 1.71 bits per heavy atom. The molecule has 0 saturated heterocycles. The first kappa shape index (κ1) is 32.9. The highest BCUT2D eigenvalue weighted by atomic mass is 16.3. The average molecular weight is 638 g/mol. The van der Waals surface area contributed by atoms with E-state index in [0.29, 0.717) is 16.8 Å². The van der Waals surface area contributed by atoms with Gasteiger partial charge in [0.25, 0.3) is 5.91 Å². The topological polar surface area (TPSA) is 78.6 Å². The predicted molar refractivity (Wildman–Crippen MR) is 192 cm³/mol. The zero-order valence-corrected chi connectivity index (χ0v) is 28.0. The summed E-state index contributed by atoms with van der Waals surface area (Å²) in [5, 5.41) is 24.5. The molecule has 1 amide bonds. The van der Waals surface area contributed by atoms with Gasteiger partial charge in [0.1, 0.15) is 11.1 Å². The van der Waals surface area contributed by atoms with E-state index in [1.165, 1.54) is 0 Å². The van der Waals surface area contributed by atoms with Gasteiger partial charge in [0.2, 0.25) is 0 Å². The summed E-state index contributed by atoms with van der Waals surface area (Å²) in [5.74, 6) is -0.00738. The standard InChI is InChI=1S/C42H43N3O3/c1-30(2)45(31(3)4)40(47)34-21-20-33-27-38(23-22-32(33)26-34)41(48,24-25-46)39-28-44(29-43-39)42(35-14-8-5-9-15-35,36-16-10-6-11-17-36)37-18-12-7-13-19-37/h5-23,26-31,46,48H,24-25H2,1-4H3. The molecule has 1 aromatic heterocycles. The zero-order valence-electron chi connectivity index (χ0n) is 28.0. The van der Waals surface area contributed by atoms with Crippen LogP contribution in [0.15, 0.2) is 140 Å². The van der Waals surface area contributed by atoms with E-state index in [9.17, 15) is 15.0 Å². The Kier molecular flexibility index (Phi) is 9.31. The Bertz CT molecular complexity index is 1880. The first-order valence-corrected chi connectivity index (χ1v) is 16.6. The number of aromatic nitrogens is 2. The number of fused-ring (bicyclic) bond motifs is 1. The third-order valence-electron chi connectivity index (χ3n) is 9.35. The maximum absolute atomic E-state index is 13.4. The lowest BCUT2D eigenvalue weighted by Crippen LogP contribution is -2.42. The number of aliphatic hydroxyl groups is 2. The summed E-state index contributed by atoms with van der Waals surface area (Å²) < 4.78 is 2.07. The largest absolute Gasteiger partial charge is 0.396 e. The summed E-state index contributed by atoms with van der Waals surface area (Å²) in [4.78, 5) is 20.1. The van der Waals surface area contributed by atoms with Gasteiger partial charge in [-0.05, 0) is 78.9 Å². The maximum atomic E-state index is 13.4. The van der Waals surface area contributed by atoms with Gasteiger partial charge in [-0.2, -0.15) is 0 Å². The van der Waals surface area contributed by atoms with Crippen LogP contribution in [0.4, 0.5) is 0 Å². The van der Waals surface area contributed by atoms with Crippen LogP contribution in [0.5, 0.6) is 0 Å². The Morgan fingerprint density at radius 2 is 1.21 bits per heavy atom. The molecule has 5 aromatic carbocycles. The van der Waals surface area contributed by atoms with Gasteiger partial charge in [-0.3, -0.25) is 4.79 Å². The van der Waals surface area contributed by atoms with E-state index in [0.717, 1.165) is 27.5 Å². The van der Waals surface area contributed by atoms with Crippen molar-refractivity contribution >= 4 is 16.7 Å². The molecule has 0 spiro atoms. The molecule has 0 aliphatic rings. The van der Waals surface area contributed by atoms with Crippen molar-refractivity contribution in [2.75, 3.05) is 6.61 Å². The number of amides is 1. The second-order valence-corrected chi connectivity index (χ2v) is 13.0. The highest BCUT2D eigenvalue weighted by Gasteiger charge is 2.41. The van der Waals surface area contributed by atoms with Gasteiger partial charge in [-0.15, -0.1) is 0 Å². The van der Waals surface area contributed by atoms with Gasteiger partial charge in [0.15, 0.2) is 0 Å². The molecule has 1 unspecified atom stereocenters. The number of benzene rings is 5. The SMILES string of the molecule is CC(C)N(C(=O)c1ccc2cc(C(O)(CCO)c3cn(C(c4ccccc4)(c4ccccc4)c4ccccc4)cn3)ccc2c1)C(C)C. The number of aliphatic hydroxyl groups excluding tert-OH is 1. The van der Waals surface area contributed by atoms with Crippen LogP contribution in [0.2, 0.25) is 0 Å². The molecular formula is C42H43N3O3. The van der Waals surface area contributed by atoms with Crippen LogP contribution in [-0.4, -0.2) is 49.3 Å². The smallest absolute Gasteiger partial charge is 0.254 e. The Balaban J connectivity index is 1.47. The summed E-state index contributed by atoms with van der Waals surface area (Å²) in [6.07, 6.45) is 3.73. The molecule has 0 radical (unpaired) electrons. The number of rotatable bonds is 11. The van der Waals surface area contributed by atoms with Gasteiger partial charge >= 0.3 is 0 Å². The Hall–Kier alpha value is -5.04. The van der Waals surface area contributed by atoms with Crippen molar-refractivity contribution in [1.29, 1.82) is 0 Å². The van der Waals surface area contributed by atoms with Crippen molar-refractivity contribution in [3.63, 3.8) is 0 Å². The molecule has 6 nitrogen and oxygen atoms in total. The Labute approximate surface area is 283 Å². The number of imidazole rings is 1. The van der Waals surface area contributed by atoms with Crippen molar-refractivity contribution in [2.24, 2.45) is 0 Å². The first-order valence-electron chi connectivity index (χ1n) is 16.6. The molecule has 0 aliphatic carbocycles. The summed E-state index contributed by atoms with van der Waals surface area (Å²) >= 11 is 0. The summed E-state index contributed by atoms with van der Waals surface area (Å²) in [6.45, 7) is 7.86. The lowest BCUT2D eigenvalue weighted by atomic mass is 9.76. The van der Waals surface area contributed by atoms with E-state index in [-0.39, 0.29) is 31.0 Å². The molecule has 1 heterocycles. The maximum Gasteiger partial charge on any atom is 0.254 e. The minimum atomic E-state index is -1.58. The fraction of sp³-hybridized carbons (Fsp3) is 0.238. The second kappa shape index (κ2) is 13.6. The number of carbonyl (C=O) groups is 1. The number of hydrogen-bond donors (Lipinski definition) is 2. The second-order valence-electron chi connectivity index (χ2n) is 13.0. The van der Waals surface area contributed by atoms with E-state index in [1.807, 2.05) is 130 Å². The van der Waals surface area contributed by atoms with Gasteiger partial charge in [-0.1, -0.05) is 109 Å². The molecule has 0 bridgehead atoms. The molecule has 6 heteroatoms. The van der Waals surface area contributed by atoms with Crippen molar-refractivity contribution in [1.82, 2.24) is 14.5 Å². The minimum Gasteiger partial charge on any atom is -0.396 e. The first-order chi connectivity index (χ1) is 23.2. The van der Waals surface area contributed by atoms with Crippen LogP contribution in [-0.2, 0) is 11.1 Å². The normalized spacial score (nSPS) is 13.2. The van der Waals surface area contributed by atoms with Gasteiger partial charge in [-0.25, -0.2) is 4.98 Å². The van der Waals surface area contributed by atoms with Gasteiger partial charge in [0.05, 0.1) is 12.0 Å². The van der Waals surface area contributed by atoms with E-state index in [1.54, 1.807) is 6.33 Å². The van der Waals surface area contributed by atoms with E-state index >= 15 is 0 Å². The predicted octanol–water partition coefficient (Wildman–Crippen LogP) is 7.75. The molecule has 6 aromatic rings. The van der Waals surface area contributed by atoms with Crippen molar-refractivity contribution in [2.45, 2.75) is 57.3 Å². The number of carbonyl (C=O) groups excluding carboxylic acids is 1. The molecule has 2 N–H and O–H groups in total. The summed E-state index contributed by atoms with van der Waals surface area (Å²) in [7, 11) is 0. The molecular weight excluding hydrogens is 594 g/mol. The summed E-state index contributed by atoms with van der Waals surface area (Å²) in [5.41, 5.74) is 2.43. The van der Waals surface area contributed by atoms with E-state index in [4.69, 9.17) is 4.98 Å². The highest BCUT2D eigenvalue weighted by molar-refractivity contribution is 5.99. The monoisotopic (exact) mass is 637 g/mol. The molecule has 1 atom stereocenters. The Morgan fingerprint density at radius 1 is 0.708 bits per heavy atom. The molecule has 48 heavy (non-hydrogen) atoms. The average Bonchev–Trinajstić information content (AvgIpc) is 3.61. The quantitative estimate of drug-likeness (QED) is 0.142. The van der Waals surface area contributed by atoms with E-state index in [2.05, 4.69) is 41.0 Å². The van der Waals surface area contributed by atoms with Crippen LogP contribution < -0.4 is 0 Å². The van der Waals surface area contributed by atoms with Crippen molar-refractivity contribution in [3.8, 4) is 0 Å². The molecule has 6 rings (SSSR count). The lowest BCUT2D eigenvalue weighted by Gasteiger charge is -2.37. The third-order valence-corrected chi connectivity index (χ3v) is 9.35. The minimum absolute atomic E-state index is 0.00738.